The normalized spacial score (nSPS) is 25.1. The molecule has 0 bridgehead atoms. The van der Waals surface area contributed by atoms with Crippen LogP contribution < -0.4 is 10.6 Å². The van der Waals surface area contributed by atoms with E-state index in [9.17, 15) is 8.42 Å². The molecule has 1 saturated carbocycles. The van der Waals surface area contributed by atoms with Gasteiger partial charge in [-0.05, 0) is 38.6 Å². The molecular formula is C19H31N5O2S. The van der Waals surface area contributed by atoms with Crippen LogP contribution in [0.5, 0.6) is 0 Å². The lowest BCUT2D eigenvalue weighted by atomic mass is 9.98. The van der Waals surface area contributed by atoms with Gasteiger partial charge in [-0.25, -0.2) is 18.4 Å². The Morgan fingerprint density at radius 1 is 1.11 bits per heavy atom. The summed E-state index contributed by atoms with van der Waals surface area (Å²) < 4.78 is 28.0. The van der Waals surface area contributed by atoms with Crippen LogP contribution in [0.2, 0.25) is 0 Å². The van der Waals surface area contributed by atoms with Crippen molar-refractivity contribution in [1.82, 2.24) is 19.6 Å². The minimum Gasteiger partial charge on any atom is -0.373 e. The molecule has 3 aliphatic rings. The molecule has 0 unspecified atom stereocenters. The van der Waals surface area contributed by atoms with Crippen molar-refractivity contribution in [2.24, 2.45) is 0 Å². The van der Waals surface area contributed by atoms with Gasteiger partial charge in [0.25, 0.3) is 0 Å². The van der Waals surface area contributed by atoms with Gasteiger partial charge in [-0.15, -0.1) is 0 Å². The molecule has 2 aliphatic heterocycles. The molecule has 1 saturated heterocycles. The maximum absolute atomic E-state index is 13.1. The fourth-order valence-corrected chi connectivity index (χ4v) is 6.68. The number of sulfonamides is 1. The molecule has 0 amide bonds. The number of piperidine rings is 1. The largest absolute Gasteiger partial charge is 0.373 e. The summed E-state index contributed by atoms with van der Waals surface area (Å²) in [5.74, 6) is 2.03. The van der Waals surface area contributed by atoms with Gasteiger partial charge < -0.3 is 10.6 Å². The molecule has 2 fully saturated rings. The van der Waals surface area contributed by atoms with Crippen molar-refractivity contribution >= 4 is 15.8 Å². The summed E-state index contributed by atoms with van der Waals surface area (Å²) in [5, 5.41) is 6.42. The van der Waals surface area contributed by atoms with Crippen LogP contribution in [-0.2, 0) is 23.0 Å². The molecule has 0 spiro atoms. The third-order valence-corrected chi connectivity index (χ3v) is 8.62. The Bertz CT molecular complexity index is 771. The molecule has 0 aromatic carbocycles. The number of hydrogen-bond donors (Lipinski definition) is 2. The first-order chi connectivity index (χ1) is 13.1. The molecule has 4 rings (SSSR count). The standard InChI is InChI=1S/C19H31N5O2S/c1-20-19-16-9-11-24(27(25,26)15-7-3-2-4-8-15)13-17(16)22-18(23-19)14-6-5-10-21-12-14/h14-15,21H,2-13H2,1H3,(H,20,22,23)/t14-/m1/s1. The number of nitrogens with zero attached hydrogens (tertiary/aromatic N) is 3. The number of hydrogen-bond acceptors (Lipinski definition) is 6. The number of rotatable bonds is 4. The van der Waals surface area contributed by atoms with Crippen LogP contribution in [-0.4, -0.2) is 54.6 Å². The van der Waals surface area contributed by atoms with Gasteiger partial charge in [0.15, 0.2) is 0 Å². The molecule has 7 nitrogen and oxygen atoms in total. The van der Waals surface area contributed by atoms with Crippen molar-refractivity contribution in [3.8, 4) is 0 Å². The number of aromatic nitrogens is 2. The first-order valence-electron chi connectivity index (χ1n) is 10.4. The van der Waals surface area contributed by atoms with Crippen LogP contribution in [0.1, 0.15) is 67.9 Å². The number of nitrogens with one attached hydrogen (secondary N) is 2. The van der Waals surface area contributed by atoms with Gasteiger partial charge in [0.05, 0.1) is 17.5 Å². The molecule has 3 heterocycles. The summed E-state index contributed by atoms with van der Waals surface area (Å²) in [7, 11) is -1.36. The highest BCUT2D eigenvalue weighted by Gasteiger charge is 2.36. The third kappa shape index (κ3) is 3.84. The zero-order valence-electron chi connectivity index (χ0n) is 16.2. The van der Waals surface area contributed by atoms with Gasteiger partial charge in [0.1, 0.15) is 11.6 Å². The van der Waals surface area contributed by atoms with E-state index in [0.717, 1.165) is 80.9 Å². The van der Waals surface area contributed by atoms with Crippen LogP contribution in [0.4, 0.5) is 5.82 Å². The molecule has 1 aromatic heterocycles. The monoisotopic (exact) mass is 393 g/mol. The minimum absolute atomic E-state index is 0.208. The van der Waals surface area contributed by atoms with Crippen molar-refractivity contribution < 1.29 is 8.42 Å². The van der Waals surface area contributed by atoms with Crippen LogP contribution in [0.15, 0.2) is 0 Å². The van der Waals surface area contributed by atoms with Gasteiger partial charge in [-0.3, -0.25) is 0 Å². The SMILES string of the molecule is CNc1nc([C@@H]2CCCNC2)nc2c1CCN(S(=O)(=O)C1CCCCC1)C2. The molecule has 1 aliphatic carbocycles. The highest BCUT2D eigenvalue weighted by atomic mass is 32.2. The van der Waals surface area contributed by atoms with Crippen LogP contribution >= 0.6 is 0 Å². The van der Waals surface area contributed by atoms with E-state index in [2.05, 4.69) is 10.6 Å². The fraction of sp³-hybridized carbons (Fsp3) is 0.789. The van der Waals surface area contributed by atoms with Crippen molar-refractivity contribution in [2.45, 2.75) is 69.1 Å². The van der Waals surface area contributed by atoms with E-state index in [1.165, 1.54) is 0 Å². The average molecular weight is 394 g/mol. The molecular weight excluding hydrogens is 362 g/mol. The maximum atomic E-state index is 13.1. The Hall–Kier alpha value is -1.25. The van der Waals surface area contributed by atoms with Crippen molar-refractivity contribution in [3.05, 3.63) is 17.1 Å². The number of fused-ring (bicyclic) bond motifs is 1. The lowest BCUT2D eigenvalue weighted by molar-refractivity contribution is 0.363. The second-order valence-corrected chi connectivity index (χ2v) is 10.3. The van der Waals surface area contributed by atoms with Crippen LogP contribution in [0, 0.1) is 0 Å². The zero-order chi connectivity index (χ0) is 18.9. The van der Waals surface area contributed by atoms with E-state index in [4.69, 9.17) is 9.97 Å². The smallest absolute Gasteiger partial charge is 0.217 e. The predicted molar refractivity (Wildman–Crippen MR) is 106 cm³/mol. The number of anilines is 1. The summed E-state index contributed by atoms with van der Waals surface area (Å²) in [4.78, 5) is 9.63. The molecule has 27 heavy (non-hydrogen) atoms. The zero-order valence-corrected chi connectivity index (χ0v) is 17.0. The Labute approximate surface area is 162 Å². The van der Waals surface area contributed by atoms with Crippen molar-refractivity contribution in [3.63, 3.8) is 0 Å². The summed E-state index contributed by atoms with van der Waals surface area (Å²) in [5.41, 5.74) is 1.97. The quantitative estimate of drug-likeness (QED) is 0.814. The molecule has 1 atom stereocenters. The highest BCUT2D eigenvalue weighted by molar-refractivity contribution is 7.89. The Kier molecular flexibility index (Phi) is 5.66. The van der Waals surface area contributed by atoms with Gasteiger partial charge in [-0.1, -0.05) is 19.3 Å². The molecule has 2 N–H and O–H groups in total. The summed E-state index contributed by atoms with van der Waals surface area (Å²) >= 11 is 0. The Morgan fingerprint density at radius 3 is 2.63 bits per heavy atom. The third-order valence-electron chi connectivity index (χ3n) is 6.28. The van der Waals surface area contributed by atoms with E-state index in [0.29, 0.717) is 25.4 Å². The van der Waals surface area contributed by atoms with E-state index >= 15 is 0 Å². The highest BCUT2D eigenvalue weighted by Crippen LogP contribution is 2.32. The van der Waals surface area contributed by atoms with E-state index in [1.54, 1.807) is 4.31 Å². The summed E-state index contributed by atoms with van der Waals surface area (Å²) in [6.07, 6.45) is 7.71. The molecule has 150 valence electrons. The average Bonchev–Trinajstić information content (AvgIpc) is 2.73. The van der Waals surface area contributed by atoms with Gasteiger partial charge in [0.2, 0.25) is 10.0 Å². The van der Waals surface area contributed by atoms with Crippen molar-refractivity contribution in [2.75, 3.05) is 32.0 Å². The molecule has 1 aromatic rings. The molecule has 0 radical (unpaired) electrons. The summed E-state index contributed by atoms with van der Waals surface area (Å²) in [6, 6.07) is 0. The second-order valence-electron chi connectivity index (χ2n) is 8.04. The topological polar surface area (TPSA) is 87.2 Å². The minimum atomic E-state index is -3.24. The van der Waals surface area contributed by atoms with E-state index in [1.807, 2.05) is 7.05 Å². The maximum Gasteiger partial charge on any atom is 0.217 e. The van der Waals surface area contributed by atoms with Gasteiger partial charge >= 0.3 is 0 Å². The lowest BCUT2D eigenvalue weighted by Crippen LogP contribution is -2.43. The van der Waals surface area contributed by atoms with E-state index in [-0.39, 0.29) is 5.25 Å². The summed E-state index contributed by atoms with van der Waals surface area (Å²) in [6.45, 7) is 2.87. The first kappa shape index (κ1) is 19.1. The Balaban J connectivity index is 1.60. The second kappa shape index (κ2) is 8.01. The van der Waals surface area contributed by atoms with Gasteiger partial charge in [-0.2, -0.15) is 4.31 Å². The van der Waals surface area contributed by atoms with Crippen molar-refractivity contribution in [1.29, 1.82) is 0 Å². The van der Waals surface area contributed by atoms with E-state index < -0.39 is 10.0 Å². The lowest BCUT2D eigenvalue weighted by Gasteiger charge is -2.33. The Morgan fingerprint density at radius 2 is 1.93 bits per heavy atom. The van der Waals surface area contributed by atoms with Gasteiger partial charge in [0, 0.05) is 31.6 Å². The molecule has 8 heteroatoms. The first-order valence-corrected chi connectivity index (χ1v) is 11.9. The van der Waals surface area contributed by atoms with Crippen LogP contribution in [0.25, 0.3) is 0 Å². The van der Waals surface area contributed by atoms with Crippen LogP contribution in [0.3, 0.4) is 0 Å². The predicted octanol–water partition coefficient (Wildman–Crippen LogP) is 2.01. The fourth-order valence-electron chi connectivity index (χ4n) is 4.68.